The minimum Gasteiger partial charge on any atom is -0.376 e. The third-order valence-electron chi connectivity index (χ3n) is 3.02. The first-order valence-corrected chi connectivity index (χ1v) is 6.52. The Balaban J connectivity index is 2.07. The molecule has 1 aromatic carbocycles. The van der Waals surface area contributed by atoms with Gasteiger partial charge in [-0.05, 0) is 37.5 Å². The first kappa shape index (κ1) is 12.4. The van der Waals surface area contributed by atoms with Crippen molar-refractivity contribution >= 4 is 17.3 Å². The molecule has 0 heterocycles. The van der Waals surface area contributed by atoms with E-state index in [4.69, 9.17) is 11.6 Å². The van der Waals surface area contributed by atoms with Crippen LogP contribution in [0.15, 0.2) is 30.4 Å². The molecule has 1 aliphatic rings. The molecular weight excluding hydrogens is 237 g/mol. The van der Waals surface area contributed by atoms with Gasteiger partial charge in [-0.25, -0.2) is 4.39 Å². The molecule has 0 saturated carbocycles. The molecule has 92 valence electrons. The molecule has 0 fully saturated rings. The van der Waals surface area contributed by atoms with E-state index in [1.165, 1.54) is 25.3 Å². The Morgan fingerprint density at radius 2 is 2.12 bits per heavy atom. The fraction of sp³-hybridized carbons (Fsp3) is 0.429. The zero-order valence-corrected chi connectivity index (χ0v) is 10.5. The van der Waals surface area contributed by atoms with Crippen LogP contribution in [-0.4, -0.2) is 6.04 Å². The van der Waals surface area contributed by atoms with Gasteiger partial charge in [0.2, 0.25) is 0 Å². The molecule has 1 atom stereocenters. The Morgan fingerprint density at radius 1 is 1.24 bits per heavy atom. The van der Waals surface area contributed by atoms with Crippen molar-refractivity contribution in [3.05, 3.63) is 41.2 Å². The standard InChI is InChI=1S/C14H17ClFN/c15-11-8-9-13(16)14(10-11)17-12-6-4-2-1-3-5-7-12/h4,6,8-10,12,17H,1-3,5,7H2/b6-4+. The summed E-state index contributed by atoms with van der Waals surface area (Å²) in [7, 11) is 0. The summed E-state index contributed by atoms with van der Waals surface area (Å²) in [4.78, 5) is 0. The molecule has 0 bridgehead atoms. The smallest absolute Gasteiger partial charge is 0.146 e. The average Bonchev–Trinajstić information content (AvgIpc) is 2.27. The van der Waals surface area contributed by atoms with Gasteiger partial charge < -0.3 is 5.32 Å². The summed E-state index contributed by atoms with van der Waals surface area (Å²) >= 11 is 5.87. The number of benzene rings is 1. The monoisotopic (exact) mass is 253 g/mol. The van der Waals surface area contributed by atoms with Gasteiger partial charge in [0, 0.05) is 11.1 Å². The topological polar surface area (TPSA) is 12.0 Å². The summed E-state index contributed by atoms with van der Waals surface area (Å²) in [5.41, 5.74) is 0.493. The molecule has 0 aliphatic heterocycles. The lowest BCUT2D eigenvalue weighted by Gasteiger charge is -2.18. The number of rotatable bonds is 2. The van der Waals surface area contributed by atoms with Gasteiger partial charge in [-0.1, -0.05) is 36.6 Å². The summed E-state index contributed by atoms with van der Waals surface area (Å²) in [5, 5.41) is 3.77. The van der Waals surface area contributed by atoms with Crippen molar-refractivity contribution in [1.82, 2.24) is 0 Å². The molecule has 0 amide bonds. The Kier molecular flexibility index (Phi) is 4.43. The molecule has 1 unspecified atom stereocenters. The van der Waals surface area contributed by atoms with Crippen LogP contribution >= 0.6 is 11.6 Å². The van der Waals surface area contributed by atoms with E-state index in [2.05, 4.69) is 17.5 Å². The summed E-state index contributed by atoms with van der Waals surface area (Å²) in [5.74, 6) is -0.246. The highest BCUT2D eigenvalue weighted by Gasteiger charge is 2.09. The number of nitrogens with one attached hydrogen (secondary N) is 1. The van der Waals surface area contributed by atoms with Crippen molar-refractivity contribution < 1.29 is 4.39 Å². The van der Waals surface area contributed by atoms with Crippen molar-refractivity contribution in [3.63, 3.8) is 0 Å². The molecule has 0 spiro atoms. The number of hydrogen-bond acceptors (Lipinski definition) is 1. The molecule has 3 heteroatoms. The van der Waals surface area contributed by atoms with Crippen molar-refractivity contribution in [2.75, 3.05) is 5.32 Å². The summed E-state index contributed by atoms with van der Waals surface area (Å²) < 4.78 is 13.6. The predicted octanol–water partition coefficient (Wildman–Crippen LogP) is 4.78. The highest BCUT2D eigenvalue weighted by atomic mass is 35.5. The highest BCUT2D eigenvalue weighted by Crippen LogP contribution is 2.22. The molecule has 1 aliphatic carbocycles. The second kappa shape index (κ2) is 6.06. The number of halogens is 2. The van der Waals surface area contributed by atoms with Gasteiger partial charge in [0.05, 0.1) is 5.69 Å². The van der Waals surface area contributed by atoms with Crippen LogP contribution < -0.4 is 5.32 Å². The fourth-order valence-electron chi connectivity index (χ4n) is 2.09. The Labute approximate surface area is 107 Å². The van der Waals surface area contributed by atoms with Crippen LogP contribution in [0.1, 0.15) is 32.1 Å². The van der Waals surface area contributed by atoms with Crippen LogP contribution in [0.2, 0.25) is 5.02 Å². The molecule has 1 aromatic rings. The second-order valence-electron chi connectivity index (χ2n) is 4.44. The first-order chi connectivity index (χ1) is 8.25. The molecule has 17 heavy (non-hydrogen) atoms. The van der Waals surface area contributed by atoms with E-state index in [1.807, 2.05) is 0 Å². The molecule has 0 saturated heterocycles. The van der Waals surface area contributed by atoms with Crippen LogP contribution in [0.5, 0.6) is 0 Å². The maximum Gasteiger partial charge on any atom is 0.146 e. The highest BCUT2D eigenvalue weighted by molar-refractivity contribution is 6.30. The van der Waals surface area contributed by atoms with Gasteiger partial charge in [0.1, 0.15) is 5.82 Å². The van der Waals surface area contributed by atoms with E-state index in [-0.39, 0.29) is 11.9 Å². The van der Waals surface area contributed by atoms with Crippen LogP contribution in [0.4, 0.5) is 10.1 Å². The molecule has 0 radical (unpaired) electrons. The third-order valence-corrected chi connectivity index (χ3v) is 3.26. The molecule has 0 aromatic heterocycles. The van der Waals surface area contributed by atoms with E-state index < -0.39 is 0 Å². The number of allylic oxidation sites excluding steroid dienone is 1. The van der Waals surface area contributed by atoms with Gasteiger partial charge >= 0.3 is 0 Å². The SMILES string of the molecule is Fc1ccc(Cl)cc1NC1/C=C/CCCCC1. The molecule has 1 N–H and O–H groups in total. The Hall–Kier alpha value is -1.02. The van der Waals surface area contributed by atoms with Gasteiger partial charge in [-0.2, -0.15) is 0 Å². The largest absolute Gasteiger partial charge is 0.376 e. The summed E-state index contributed by atoms with van der Waals surface area (Å²) in [6.45, 7) is 0. The van der Waals surface area contributed by atoms with Crippen molar-refractivity contribution in [2.24, 2.45) is 0 Å². The van der Waals surface area contributed by atoms with E-state index in [0.717, 1.165) is 12.8 Å². The minimum atomic E-state index is -0.246. The lowest BCUT2D eigenvalue weighted by Crippen LogP contribution is -2.18. The van der Waals surface area contributed by atoms with Crippen molar-refractivity contribution in [1.29, 1.82) is 0 Å². The Morgan fingerprint density at radius 3 is 3.00 bits per heavy atom. The predicted molar refractivity (Wildman–Crippen MR) is 71.0 cm³/mol. The lowest BCUT2D eigenvalue weighted by atomic mass is 10.0. The lowest BCUT2D eigenvalue weighted by molar-refractivity contribution is 0.599. The van der Waals surface area contributed by atoms with Crippen LogP contribution in [0.3, 0.4) is 0 Å². The van der Waals surface area contributed by atoms with Gasteiger partial charge in [0.25, 0.3) is 0 Å². The summed E-state index contributed by atoms with van der Waals surface area (Å²) in [6, 6.07) is 4.82. The van der Waals surface area contributed by atoms with Crippen LogP contribution in [0, 0.1) is 5.82 Å². The van der Waals surface area contributed by atoms with E-state index in [1.54, 1.807) is 12.1 Å². The van der Waals surface area contributed by atoms with E-state index in [0.29, 0.717) is 10.7 Å². The zero-order valence-electron chi connectivity index (χ0n) is 9.76. The van der Waals surface area contributed by atoms with Crippen molar-refractivity contribution in [3.8, 4) is 0 Å². The molecule has 2 rings (SSSR count). The second-order valence-corrected chi connectivity index (χ2v) is 4.88. The third kappa shape index (κ3) is 3.74. The van der Waals surface area contributed by atoms with Crippen molar-refractivity contribution in [2.45, 2.75) is 38.1 Å². The maximum absolute atomic E-state index is 13.6. The average molecular weight is 254 g/mol. The van der Waals surface area contributed by atoms with Gasteiger partial charge in [-0.3, -0.25) is 0 Å². The van der Waals surface area contributed by atoms with Crippen LogP contribution in [-0.2, 0) is 0 Å². The summed E-state index contributed by atoms with van der Waals surface area (Å²) in [6.07, 6.45) is 10.2. The normalized spacial score (nSPS) is 22.6. The minimum absolute atomic E-state index is 0.211. The number of hydrogen-bond donors (Lipinski definition) is 1. The van der Waals surface area contributed by atoms with Gasteiger partial charge in [0.15, 0.2) is 0 Å². The van der Waals surface area contributed by atoms with Crippen LogP contribution in [0.25, 0.3) is 0 Å². The number of anilines is 1. The van der Waals surface area contributed by atoms with Gasteiger partial charge in [-0.15, -0.1) is 0 Å². The van der Waals surface area contributed by atoms with E-state index in [9.17, 15) is 4.39 Å². The quantitative estimate of drug-likeness (QED) is 0.748. The molecule has 1 nitrogen and oxygen atoms in total. The zero-order chi connectivity index (χ0) is 12.1. The molecular formula is C14H17ClFN. The fourth-order valence-corrected chi connectivity index (χ4v) is 2.26. The van der Waals surface area contributed by atoms with E-state index >= 15 is 0 Å². The maximum atomic E-state index is 13.6. The Bertz CT molecular complexity index is 403. The first-order valence-electron chi connectivity index (χ1n) is 6.14.